The summed E-state index contributed by atoms with van der Waals surface area (Å²) >= 11 is 0. The van der Waals surface area contributed by atoms with Crippen molar-refractivity contribution in [2.45, 2.75) is 33.1 Å². The van der Waals surface area contributed by atoms with Gasteiger partial charge in [-0.1, -0.05) is 23.8 Å². The van der Waals surface area contributed by atoms with Crippen LogP contribution in [0.5, 0.6) is 11.5 Å². The van der Waals surface area contributed by atoms with Gasteiger partial charge in [0.25, 0.3) is 0 Å². The summed E-state index contributed by atoms with van der Waals surface area (Å²) in [5, 5.41) is 7.35. The van der Waals surface area contributed by atoms with Crippen LogP contribution in [0.3, 0.4) is 0 Å². The molecule has 2 amide bonds. The largest absolute Gasteiger partial charge is 0.493 e. The van der Waals surface area contributed by atoms with Crippen LogP contribution in [-0.4, -0.2) is 35.3 Å². The molecule has 33 heavy (non-hydrogen) atoms. The maximum Gasteiger partial charge on any atom is 0.248 e. The number of fused-ring (bicyclic) bond motifs is 1. The van der Waals surface area contributed by atoms with E-state index in [1.807, 2.05) is 58.2 Å². The minimum atomic E-state index is -0.372. The number of aromatic nitrogens is 2. The Labute approximate surface area is 193 Å². The fourth-order valence-electron chi connectivity index (χ4n) is 3.97. The molecule has 8 nitrogen and oxygen atoms in total. The van der Waals surface area contributed by atoms with Gasteiger partial charge in [0, 0.05) is 30.5 Å². The normalized spacial score (nSPS) is 14.5. The van der Waals surface area contributed by atoms with Crippen molar-refractivity contribution in [1.82, 2.24) is 9.78 Å². The summed E-state index contributed by atoms with van der Waals surface area (Å²) in [6.45, 7) is 6.40. The minimum Gasteiger partial charge on any atom is -0.493 e. The number of benzene rings is 2. The van der Waals surface area contributed by atoms with Crippen molar-refractivity contribution < 1.29 is 19.1 Å². The third-order valence-electron chi connectivity index (χ3n) is 5.46. The Hall–Kier alpha value is -3.81. The number of rotatable bonds is 5. The van der Waals surface area contributed by atoms with Gasteiger partial charge in [-0.3, -0.25) is 14.3 Å². The van der Waals surface area contributed by atoms with Gasteiger partial charge in [-0.25, -0.2) is 0 Å². The van der Waals surface area contributed by atoms with Crippen LogP contribution in [0.4, 0.5) is 5.82 Å². The monoisotopic (exact) mass is 450 g/mol. The number of anilines is 1. The van der Waals surface area contributed by atoms with Crippen LogP contribution in [0.2, 0.25) is 0 Å². The SMILES string of the molecule is CCOc1ccc(C2CC(=O)Nc3c2c(C)nn3C)cc1OC.Cc1cccc(C(N)=O)c1. The molecule has 2 aromatic carbocycles. The van der Waals surface area contributed by atoms with Gasteiger partial charge < -0.3 is 20.5 Å². The van der Waals surface area contributed by atoms with E-state index in [9.17, 15) is 9.59 Å². The Balaban J connectivity index is 0.000000257. The third-order valence-corrected chi connectivity index (χ3v) is 5.46. The number of amides is 2. The molecule has 0 spiro atoms. The summed E-state index contributed by atoms with van der Waals surface area (Å²) in [7, 11) is 3.46. The lowest BCUT2D eigenvalue weighted by atomic mass is 9.85. The molecular formula is C25H30N4O4. The van der Waals surface area contributed by atoms with Gasteiger partial charge >= 0.3 is 0 Å². The second-order valence-corrected chi connectivity index (χ2v) is 7.85. The molecule has 1 aromatic heterocycles. The fourth-order valence-corrected chi connectivity index (χ4v) is 3.97. The third kappa shape index (κ3) is 5.34. The first-order valence-electron chi connectivity index (χ1n) is 10.8. The maximum atomic E-state index is 12.1. The highest BCUT2D eigenvalue weighted by atomic mass is 16.5. The highest BCUT2D eigenvalue weighted by Crippen LogP contribution is 2.41. The Kier molecular flexibility index (Phi) is 7.37. The topological polar surface area (TPSA) is 108 Å². The molecule has 2 heterocycles. The van der Waals surface area contributed by atoms with Crippen molar-refractivity contribution in [2.75, 3.05) is 19.0 Å². The summed E-state index contributed by atoms with van der Waals surface area (Å²) in [6.07, 6.45) is 0.399. The van der Waals surface area contributed by atoms with Crippen LogP contribution >= 0.6 is 0 Å². The highest BCUT2D eigenvalue weighted by molar-refractivity contribution is 5.94. The lowest BCUT2D eigenvalue weighted by molar-refractivity contribution is -0.116. The van der Waals surface area contributed by atoms with Crippen molar-refractivity contribution in [3.8, 4) is 11.5 Å². The average molecular weight is 451 g/mol. The number of hydrogen-bond acceptors (Lipinski definition) is 5. The second kappa shape index (κ2) is 10.2. The number of ether oxygens (including phenoxy) is 2. The first-order valence-corrected chi connectivity index (χ1v) is 10.8. The zero-order valence-electron chi connectivity index (χ0n) is 19.6. The quantitative estimate of drug-likeness (QED) is 0.616. The fraction of sp³-hybridized carbons (Fsp3) is 0.320. The number of aryl methyl sites for hydroxylation is 3. The molecule has 1 aliphatic rings. The predicted octanol–water partition coefficient (Wildman–Crippen LogP) is 3.70. The molecule has 0 bridgehead atoms. The Bertz CT molecular complexity index is 1170. The molecule has 0 aliphatic carbocycles. The summed E-state index contributed by atoms with van der Waals surface area (Å²) in [5.41, 5.74) is 9.69. The summed E-state index contributed by atoms with van der Waals surface area (Å²) in [4.78, 5) is 22.7. The molecule has 1 aliphatic heterocycles. The number of hydrogen-bond donors (Lipinski definition) is 2. The molecule has 0 radical (unpaired) electrons. The average Bonchev–Trinajstić information content (AvgIpc) is 3.07. The van der Waals surface area contributed by atoms with Gasteiger partial charge in [-0.2, -0.15) is 5.10 Å². The van der Waals surface area contributed by atoms with E-state index in [-0.39, 0.29) is 17.7 Å². The molecule has 1 atom stereocenters. The van der Waals surface area contributed by atoms with E-state index < -0.39 is 0 Å². The molecule has 0 saturated heterocycles. The van der Waals surface area contributed by atoms with Crippen molar-refractivity contribution >= 4 is 17.6 Å². The van der Waals surface area contributed by atoms with Crippen LogP contribution < -0.4 is 20.5 Å². The van der Waals surface area contributed by atoms with E-state index in [1.165, 1.54) is 0 Å². The van der Waals surface area contributed by atoms with Crippen LogP contribution in [0.15, 0.2) is 42.5 Å². The smallest absolute Gasteiger partial charge is 0.248 e. The molecule has 3 N–H and O–H groups in total. The zero-order chi connectivity index (χ0) is 24.1. The minimum absolute atomic E-state index is 0.00153. The maximum absolute atomic E-state index is 12.1. The number of nitrogens with two attached hydrogens (primary N) is 1. The Morgan fingerprint density at radius 1 is 1.21 bits per heavy atom. The summed E-state index contributed by atoms with van der Waals surface area (Å²) in [6, 6.07) is 13.0. The number of methoxy groups -OCH3 is 1. The number of carbonyl (C=O) groups excluding carboxylic acids is 2. The number of nitrogens with zero attached hydrogens (tertiary/aromatic N) is 2. The summed E-state index contributed by atoms with van der Waals surface area (Å²) < 4.78 is 12.7. The number of nitrogens with one attached hydrogen (secondary N) is 1. The van der Waals surface area contributed by atoms with Crippen LogP contribution in [0.25, 0.3) is 0 Å². The van der Waals surface area contributed by atoms with E-state index >= 15 is 0 Å². The van der Waals surface area contributed by atoms with E-state index in [1.54, 1.807) is 23.9 Å². The van der Waals surface area contributed by atoms with Crippen molar-refractivity contribution in [1.29, 1.82) is 0 Å². The molecule has 4 rings (SSSR count). The molecule has 174 valence electrons. The van der Waals surface area contributed by atoms with Gasteiger partial charge in [0.05, 0.1) is 19.4 Å². The van der Waals surface area contributed by atoms with Gasteiger partial charge in [-0.15, -0.1) is 0 Å². The predicted molar refractivity (Wildman–Crippen MR) is 127 cm³/mol. The lowest BCUT2D eigenvalue weighted by Crippen LogP contribution is -2.24. The molecule has 0 saturated carbocycles. The molecule has 8 heteroatoms. The number of carbonyl (C=O) groups is 2. The van der Waals surface area contributed by atoms with Gasteiger partial charge in [0.15, 0.2) is 11.5 Å². The van der Waals surface area contributed by atoms with E-state index in [0.29, 0.717) is 30.1 Å². The van der Waals surface area contributed by atoms with E-state index in [0.717, 1.165) is 28.2 Å². The molecule has 1 unspecified atom stereocenters. The summed E-state index contributed by atoms with van der Waals surface area (Å²) in [5.74, 6) is 1.76. The first-order chi connectivity index (χ1) is 15.7. The number of primary amides is 1. The van der Waals surface area contributed by atoms with Crippen LogP contribution in [0.1, 0.15) is 52.0 Å². The Morgan fingerprint density at radius 2 is 1.97 bits per heavy atom. The van der Waals surface area contributed by atoms with Crippen LogP contribution in [-0.2, 0) is 11.8 Å². The van der Waals surface area contributed by atoms with Gasteiger partial charge in [-0.05, 0) is 50.6 Å². The molecular weight excluding hydrogens is 420 g/mol. The highest BCUT2D eigenvalue weighted by Gasteiger charge is 2.32. The van der Waals surface area contributed by atoms with Crippen LogP contribution in [0, 0.1) is 13.8 Å². The van der Waals surface area contributed by atoms with Crippen molar-refractivity contribution in [2.24, 2.45) is 12.8 Å². The van der Waals surface area contributed by atoms with Gasteiger partial charge in [0.1, 0.15) is 5.82 Å². The molecule has 3 aromatic rings. The van der Waals surface area contributed by atoms with E-state index in [2.05, 4.69) is 10.4 Å². The Morgan fingerprint density at radius 3 is 2.58 bits per heavy atom. The zero-order valence-corrected chi connectivity index (χ0v) is 19.6. The van der Waals surface area contributed by atoms with Crippen molar-refractivity contribution in [3.05, 3.63) is 70.4 Å². The second-order valence-electron chi connectivity index (χ2n) is 7.85. The lowest BCUT2D eigenvalue weighted by Gasteiger charge is -2.24. The first kappa shape index (κ1) is 23.8. The standard InChI is InChI=1S/C17H21N3O3.C8H9NO/c1-5-23-13-7-6-11(8-14(13)22-4)12-9-15(21)18-17-16(12)10(2)19-20(17)3;1-6-3-2-4-7(5-6)8(9)10/h6-8,12H,5,9H2,1-4H3,(H,18,21);2-5H,1H3,(H2,9,10). The van der Waals surface area contributed by atoms with Crippen molar-refractivity contribution in [3.63, 3.8) is 0 Å². The van der Waals surface area contributed by atoms with Gasteiger partial charge in [0.2, 0.25) is 11.8 Å². The molecule has 0 fully saturated rings. The van der Waals surface area contributed by atoms with E-state index in [4.69, 9.17) is 15.2 Å².